The first-order valence-electron chi connectivity index (χ1n) is 8.82. The number of carbonyl (C=O) groups excluding carboxylic acids is 1. The van der Waals surface area contributed by atoms with Crippen LogP contribution in [0.3, 0.4) is 0 Å². The van der Waals surface area contributed by atoms with E-state index in [9.17, 15) is 13.2 Å². The van der Waals surface area contributed by atoms with Crippen LogP contribution in [0.5, 0.6) is 0 Å². The SMILES string of the molecule is Cc1cccc(NC(=O)c2ccc(N(C)S(=O)(=O)c3ccccc3)c(C)c2)c1. The van der Waals surface area contributed by atoms with E-state index >= 15 is 0 Å². The molecule has 0 heterocycles. The van der Waals surface area contributed by atoms with Gasteiger partial charge in [-0.3, -0.25) is 9.10 Å². The third kappa shape index (κ3) is 4.07. The number of sulfonamides is 1. The van der Waals surface area contributed by atoms with Crippen molar-refractivity contribution in [3.8, 4) is 0 Å². The fourth-order valence-corrected chi connectivity index (χ4v) is 4.24. The van der Waals surface area contributed by atoms with E-state index in [1.807, 2.05) is 31.2 Å². The standard InChI is InChI=1S/C22H22N2O3S/c1-16-8-7-9-19(14-16)23-22(25)18-12-13-21(17(2)15-18)24(3)28(26,27)20-10-5-4-6-11-20/h4-15H,1-3H3,(H,23,25). The molecular weight excluding hydrogens is 372 g/mol. The Hall–Kier alpha value is -3.12. The highest BCUT2D eigenvalue weighted by Gasteiger charge is 2.22. The van der Waals surface area contributed by atoms with E-state index in [0.29, 0.717) is 16.8 Å². The number of aryl methyl sites for hydroxylation is 2. The van der Waals surface area contributed by atoms with Crippen LogP contribution in [0.1, 0.15) is 21.5 Å². The van der Waals surface area contributed by atoms with Gasteiger partial charge in [0.2, 0.25) is 0 Å². The molecule has 0 bridgehead atoms. The molecule has 3 rings (SSSR count). The maximum absolute atomic E-state index is 12.8. The summed E-state index contributed by atoms with van der Waals surface area (Å²) in [4.78, 5) is 12.8. The highest BCUT2D eigenvalue weighted by atomic mass is 32.2. The average Bonchev–Trinajstić information content (AvgIpc) is 2.68. The van der Waals surface area contributed by atoms with Gasteiger partial charge in [0, 0.05) is 18.3 Å². The fourth-order valence-electron chi connectivity index (χ4n) is 2.96. The van der Waals surface area contributed by atoms with Crippen molar-refractivity contribution >= 4 is 27.3 Å². The van der Waals surface area contributed by atoms with Crippen molar-refractivity contribution in [2.45, 2.75) is 18.7 Å². The van der Waals surface area contributed by atoms with Crippen LogP contribution in [0, 0.1) is 13.8 Å². The lowest BCUT2D eigenvalue weighted by Gasteiger charge is -2.22. The molecule has 0 atom stereocenters. The largest absolute Gasteiger partial charge is 0.322 e. The number of hydrogen-bond donors (Lipinski definition) is 1. The normalized spacial score (nSPS) is 11.1. The Morgan fingerprint density at radius 1 is 0.893 bits per heavy atom. The van der Waals surface area contributed by atoms with Gasteiger partial charge in [0.25, 0.3) is 15.9 Å². The Bertz CT molecular complexity index is 1110. The van der Waals surface area contributed by atoms with Crippen molar-refractivity contribution in [3.05, 3.63) is 89.5 Å². The molecule has 28 heavy (non-hydrogen) atoms. The van der Waals surface area contributed by atoms with Crippen molar-refractivity contribution in [2.75, 3.05) is 16.7 Å². The van der Waals surface area contributed by atoms with Gasteiger partial charge in [-0.25, -0.2) is 8.42 Å². The second kappa shape index (κ2) is 7.86. The molecule has 0 radical (unpaired) electrons. The van der Waals surface area contributed by atoms with Crippen molar-refractivity contribution in [2.24, 2.45) is 0 Å². The minimum Gasteiger partial charge on any atom is -0.322 e. The van der Waals surface area contributed by atoms with Crippen LogP contribution in [-0.2, 0) is 10.0 Å². The maximum Gasteiger partial charge on any atom is 0.264 e. The highest BCUT2D eigenvalue weighted by molar-refractivity contribution is 7.92. The minimum absolute atomic E-state index is 0.221. The number of hydrogen-bond acceptors (Lipinski definition) is 3. The van der Waals surface area contributed by atoms with E-state index in [0.717, 1.165) is 11.3 Å². The van der Waals surface area contributed by atoms with Gasteiger partial charge in [-0.1, -0.05) is 30.3 Å². The summed E-state index contributed by atoms with van der Waals surface area (Å²) in [7, 11) is -2.16. The lowest BCUT2D eigenvalue weighted by Crippen LogP contribution is -2.27. The smallest absolute Gasteiger partial charge is 0.264 e. The lowest BCUT2D eigenvalue weighted by atomic mass is 10.1. The number of benzene rings is 3. The molecule has 0 spiro atoms. The van der Waals surface area contributed by atoms with E-state index in [1.165, 1.54) is 11.4 Å². The Labute approximate surface area is 165 Å². The molecule has 0 fully saturated rings. The predicted octanol–water partition coefficient (Wildman–Crippen LogP) is 4.38. The van der Waals surface area contributed by atoms with Gasteiger partial charge >= 0.3 is 0 Å². The van der Waals surface area contributed by atoms with Crippen molar-refractivity contribution in [1.29, 1.82) is 0 Å². The van der Waals surface area contributed by atoms with Crippen molar-refractivity contribution < 1.29 is 13.2 Å². The number of amides is 1. The van der Waals surface area contributed by atoms with Gasteiger partial charge in [0.15, 0.2) is 0 Å². The molecule has 1 N–H and O–H groups in total. The molecule has 0 saturated carbocycles. The molecule has 0 unspecified atom stereocenters. The van der Waals surface area contributed by atoms with Crippen LogP contribution in [0.2, 0.25) is 0 Å². The van der Waals surface area contributed by atoms with Crippen LogP contribution in [-0.4, -0.2) is 21.4 Å². The summed E-state index contributed by atoms with van der Waals surface area (Å²) in [5.74, 6) is -0.242. The molecule has 6 heteroatoms. The number of nitrogens with one attached hydrogen (secondary N) is 1. The summed E-state index contributed by atoms with van der Waals surface area (Å²) in [5.41, 5.74) is 3.45. The average molecular weight is 394 g/mol. The number of nitrogens with zero attached hydrogens (tertiary/aromatic N) is 1. The first-order chi connectivity index (χ1) is 13.3. The summed E-state index contributed by atoms with van der Waals surface area (Å²) < 4.78 is 26.9. The third-order valence-corrected chi connectivity index (χ3v) is 6.26. The van der Waals surface area contributed by atoms with E-state index in [1.54, 1.807) is 55.5 Å². The molecule has 0 aliphatic carbocycles. The van der Waals surface area contributed by atoms with Crippen molar-refractivity contribution in [3.63, 3.8) is 0 Å². The van der Waals surface area contributed by atoms with Gasteiger partial charge in [-0.15, -0.1) is 0 Å². The molecule has 1 amide bonds. The summed E-state index contributed by atoms with van der Waals surface area (Å²) in [6.07, 6.45) is 0. The molecule has 0 aliphatic rings. The van der Waals surface area contributed by atoms with Crippen LogP contribution in [0.4, 0.5) is 11.4 Å². The van der Waals surface area contributed by atoms with Gasteiger partial charge in [-0.05, 0) is 67.4 Å². The van der Waals surface area contributed by atoms with E-state index in [-0.39, 0.29) is 10.8 Å². The zero-order valence-electron chi connectivity index (χ0n) is 16.0. The summed E-state index contributed by atoms with van der Waals surface area (Å²) in [6.45, 7) is 3.74. The zero-order valence-corrected chi connectivity index (χ0v) is 16.8. The first kappa shape index (κ1) is 19.6. The molecule has 0 saturated heterocycles. The molecule has 0 aromatic heterocycles. The second-order valence-corrected chi connectivity index (χ2v) is 8.58. The molecule has 3 aromatic rings. The van der Waals surface area contributed by atoms with Crippen molar-refractivity contribution in [1.82, 2.24) is 0 Å². The van der Waals surface area contributed by atoms with Crippen LogP contribution in [0.15, 0.2) is 77.7 Å². The summed E-state index contributed by atoms with van der Waals surface area (Å²) in [5, 5.41) is 2.86. The van der Waals surface area contributed by atoms with E-state index < -0.39 is 10.0 Å². The Kier molecular flexibility index (Phi) is 5.51. The monoisotopic (exact) mass is 394 g/mol. The van der Waals surface area contributed by atoms with Gasteiger partial charge in [0.05, 0.1) is 10.6 Å². The minimum atomic E-state index is -3.67. The second-order valence-electron chi connectivity index (χ2n) is 6.61. The third-order valence-electron chi connectivity index (χ3n) is 4.48. The van der Waals surface area contributed by atoms with Crippen LogP contribution in [0.25, 0.3) is 0 Å². The number of anilines is 2. The number of rotatable bonds is 5. The van der Waals surface area contributed by atoms with E-state index in [4.69, 9.17) is 0 Å². The highest BCUT2D eigenvalue weighted by Crippen LogP contribution is 2.26. The zero-order chi connectivity index (χ0) is 20.3. The number of carbonyl (C=O) groups is 1. The Morgan fingerprint density at radius 2 is 1.61 bits per heavy atom. The quantitative estimate of drug-likeness (QED) is 0.698. The molecule has 0 aliphatic heterocycles. The topological polar surface area (TPSA) is 66.5 Å². The summed E-state index contributed by atoms with van der Waals surface area (Å²) >= 11 is 0. The van der Waals surface area contributed by atoms with Gasteiger partial charge in [0.1, 0.15) is 0 Å². The van der Waals surface area contributed by atoms with E-state index in [2.05, 4.69) is 5.32 Å². The molecular formula is C22H22N2O3S. The molecule has 144 valence electrons. The molecule has 5 nitrogen and oxygen atoms in total. The Morgan fingerprint density at radius 3 is 2.25 bits per heavy atom. The predicted molar refractivity (Wildman–Crippen MR) is 112 cm³/mol. The Balaban J connectivity index is 1.85. The van der Waals surface area contributed by atoms with Crippen LogP contribution < -0.4 is 9.62 Å². The van der Waals surface area contributed by atoms with Gasteiger partial charge in [-0.2, -0.15) is 0 Å². The fraction of sp³-hybridized carbons (Fsp3) is 0.136. The summed E-state index contributed by atoms with van der Waals surface area (Å²) in [6, 6.07) is 20.8. The van der Waals surface area contributed by atoms with Crippen LogP contribution >= 0.6 is 0 Å². The first-order valence-corrected chi connectivity index (χ1v) is 10.3. The maximum atomic E-state index is 12.8. The van der Waals surface area contributed by atoms with Gasteiger partial charge < -0.3 is 5.32 Å². The lowest BCUT2D eigenvalue weighted by molar-refractivity contribution is 0.102. The molecule has 3 aromatic carbocycles.